The monoisotopic (exact) mass is 331 g/mol. The Morgan fingerprint density at radius 3 is 2.50 bits per heavy atom. The summed E-state index contributed by atoms with van der Waals surface area (Å²) < 4.78 is 0. The lowest BCUT2D eigenvalue weighted by Gasteiger charge is -2.43. The molecule has 0 aromatic carbocycles. The first kappa shape index (κ1) is 18.7. The fourth-order valence-corrected chi connectivity index (χ4v) is 3.69. The minimum Gasteiger partial charge on any atom is -0.383 e. The van der Waals surface area contributed by atoms with E-state index in [1.165, 1.54) is 37.8 Å². The maximum Gasteiger partial charge on any atom is 0.109 e. The molecule has 2 rings (SSSR count). The first-order valence-corrected chi connectivity index (χ1v) is 8.99. The Morgan fingerprint density at radius 1 is 1.17 bits per heavy atom. The highest BCUT2D eigenvalue weighted by Gasteiger charge is 2.40. The quantitative estimate of drug-likeness (QED) is 0.426. The second-order valence-electron chi connectivity index (χ2n) is 7.18. The number of likely N-dealkylation sites (tertiary alicyclic amines) is 2. The largest absolute Gasteiger partial charge is 0.383 e. The minimum absolute atomic E-state index is 0.475. The van der Waals surface area contributed by atoms with Crippen molar-refractivity contribution in [2.24, 2.45) is 9.98 Å². The van der Waals surface area contributed by atoms with Crippen molar-refractivity contribution in [2.75, 3.05) is 47.8 Å². The van der Waals surface area contributed by atoms with E-state index < -0.39 is 0 Å². The summed E-state index contributed by atoms with van der Waals surface area (Å²) in [7, 11) is 8.14. The van der Waals surface area contributed by atoms with Crippen LogP contribution in [0.2, 0.25) is 0 Å². The molecule has 0 amide bonds. The molecule has 0 atom stereocenters. The summed E-state index contributed by atoms with van der Waals surface area (Å²) in [6.45, 7) is 3.57. The summed E-state index contributed by atoms with van der Waals surface area (Å²) in [6, 6.07) is 0. The van der Waals surface area contributed by atoms with E-state index in [2.05, 4.69) is 50.2 Å². The molecule has 2 aliphatic rings. The predicted molar refractivity (Wildman–Crippen MR) is 104 cm³/mol. The van der Waals surface area contributed by atoms with Gasteiger partial charge in [-0.05, 0) is 57.1 Å². The molecule has 0 bridgehead atoms. The highest BCUT2D eigenvalue weighted by molar-refractivity contribution is 5.74. The molecule has 2 aliphatic heterocycles. The number of rotatable bonds is 6. The van der Waals surface area contributed by atoms with Gasteiger partial charge in [0.25, 0.3) is 0 Å². The Labute approximate surface area is 147 Å². The topological polar surface area (TPSA) is 34.4 Å². The van der Waals surface area contributed by atoms with E-state index in [4.69, 9.17) is 0 Å². The molecular formula is C19H33N5. The SMILES string of the molecule is CN=CN=CCC(/C=C\N(C)C)=C/N1CCC2(CCCN2C)CC1. The van der Waals surface area contributed by atoms with Gasteiger partial charge in [-0.2, -0.15) is 0 Å². The van der Waals surface area contributed by atoms with E-state index in [9.17, 15) is 0 Å². The van der Waals surface area contributed by atoms with Gasteiger partial charge in [-0.1, -0.05) is 0 Å². The van der Waals surface area contributed by atoms with Gasteiger partial charge in [0, 0.05) is 58.6 Å². The number of allylic oxidation sites excluding steroid dienone is 2. The van der Waals surface area contributed by atoms with Crippen LogP contribution in [0.5, 0.6) is 0 Å². The summed E-state index contributed by atoms with van der Waals surface area (Å²) in [5.74, 6) is 0. The average Bonchev–Trinajstić information content (AvgIpc) is 2.91. The summed E-state index contributed by atoms with van der Waals surface area (Å²) in [6.07, 6.45) is 16.2. The highest BCUT2D eigenvalue weighted by Crippen LogP contribution is 2.37. The van der Waals surface area contributed by atoms with Crippen LogP contribution in [0.3, 0.4) is 0 Å². The van der Waals surface area contributed by atoms with Crippen molar-refractivity contribution in [1.82, 2.24) is 14.7 Å². The molecule has 0 unspecified atom stereocenters. The van der Waals surface area contributed by atoms with E-state index in [1.54, 1.807) is 13.4 Å². The first-order valence-electron chi connectivity index (χ1n) is 8.99. The van der Waals surface area contributed by atoms with Crippen LogP contribution in [0.15, 0.2) is 34.0 Å². The van der Waals surface area contributed by atoms with Crippen molar-refractivity contribution in [2.45, 2.75) is 37.6 Å². The first-order chi connectivity index (χ1) is 11.6. The third-order valence-corrected chi connectivity index (χ3v) is 5.22. The zero-order chi connectivity index (χ0) is 17.4. The van der Waals surface area contributed by atoms with E-state index in [1.807, 2.05) is 20.3 Å². The third kappa shape index (κ3) is 5.20. The van der Waals surface area contributed by atoms with Gasteiger partial charge in [0.1, 0.15) is 6.34 Å². The minimum atomic E-state index is 0.475. The smallest absolute Gasteiger partial charge is 0.109 e. The maximum absolute atomic E-state index is 4.19. The maximum atomic E-state index is 4.19. The van der Waals surface area contributed by atoms with E-state index in [0.717, 1.165) is 19.5 Å². The number of hydrogen-bond acceptors (Lipinski definition) is 4. The molecule has 5 nitrogen and oxygen atoms in total. The zero-order valence-corrected chi connectivity index (χ0v) is 15.8. The van der Waals surface area contributed by atoms with Crippen molar-refractivity contribution in [1.29, 1.82) is 0 Å². The summed E-state index contributed by atoms with van der Waals surface area (Å²) in [4.78, 5) is 15.2. The van der Waals surface area contributed by atoms with Crippen LogP contribution < -0.4 is 0 Å². The molecule has 2 fully saturated rings. The van der Waals surface area contributed by atoms with E-state index >= 15 is 0 Å². The lowest BCUT2D eigenvalue weighted by atomic mass is 9.85. The van der Waals surface area contributed by atoms with Crippen molar-refractivity contribution in [3.63, 3.8) is 0 Å². The van der Waals surface area contributed by atoms with Crippen LogP contribution >= 0.6 is 0 Å². The van der Waals surface area contributed by atoms with Crippen molar-refractivity contribution in [3.8, 4) is 0 Å². The molecule has 5 heteroatoms. The molecular weight excluding hydrogens is 298 g/mol. The molecule has 0 aromatic rings. The van der Waals surface area contributed by atoms with Crippen LogP contribution in [0.25, 0.3) is 0 Å². The molecule has 0 aliphatic carbocycles. The van der Waals surface area contributed by atoms with Crippen LogP contribution in [0.4, 0.5) is 0 Å². The van der Waals surface area contributed by atoms with Gasteiger partial charge in [0.15, 0.2) is 0 Å². The van der Waals surface area contributed by atoms with Crippen molar-refractivity contribution >= 4 is 12.6 Å². The van der Waals surface area contributed by atoms with Crippen molar-refractivity contribution < 1.29 is 0 Å². The van der Waals surface area contributed by atoms with Crippen LogP contribution in [-0.2, 0) is 0 Å². The number of aliphatic imine (C=N–C) groups is 2. The zero-order valence-electron chi connectivity index (χ0n) is 15.8. The molecule has 2 heterocycles. The van der Waals surface area contributed by atoms with Crippen molar-refractivity contribution in [3.05, 3.63) is 24.0 Å². The molecule has 0 N–H and O–H groups in total. The Balaban J connectivity index is 1.98. The number of piperidine rings is 1. The van der Waals surface area contributed by atoms with Gasteiger partial charge in [-0.25, -0.2) is 4.99 Å². The second-order valence-corrected chi connectivity index (χ2v) is 7.18. The van der Waals surface area contributed by atoms with Gasteiger partial charge >= 0.3 is 0 Å². The lowest BCUT2D eigenvalue weighted by molar-refractivity contribution is 0.0902. The molecule has 1 spiro atoms. The van der Waals surface area contributed by atoms with Crippen LogP contribution in [0, 0.1) is 0 Å². The summed E-state index contributed by atoms with van der Waals surface area (Å²) in [5.41, 5.74) is 1.76. The molecule has 24 heavy (non-hydrogen) atoms. The van der Waals surface area contributed by atoms with E-state index in [-0.39, 0.29) is 0 Å². The Kier molecular flexibility index (Phi) is 7.03. The average molecular weight is 332 g/mol. The fraction of sp³-hybridized carbons (Fsp3) is 0.684. The van der Waals surface area contributed by atoms with Crippen LogP contribution in [-0.4, -0.2) is 80.6 Å². The number of hydrogen-bond donors (Lipinski definition) is 0. The van der Waals surface area contributed by atoms with E-state index in [0.29, 0.717) is 5.54 Å². The van der Waals surface area contributed by atoms with Gasteiger partial charge in [-0.15, -0.1) is 0 Å². The molecule has 134 valence electrons. The lowest BCUT2D eigenvalue weighted by Crippen LogP contribution is -2.49. The van der Waals surface area contributed by atoms with Gasteiger partial charge in [-0.3, -0.25) is 4.99 Å². The van der Waals surface area contributed by atoms with Gasteiger partial charge in [0.2, 0.25) is 0 Å². The Bertz CT molecular complexity index is 496. The third-order valence-electron chi connectivity index (χ3n) is 5.22. The summed E-state index contributed by atoms with van der Waals surface area (Å²) in [5, 5.41) is 0. The molecule has 0 saturated carbocycles. The standard InChI is InChI=1S/C19H33N5/c1-20-17-21-11-6-18(7-13-22(2)3)16-24-14-9-19(10-15-24)8-5-12-23(19)4/h7,11,13,16-17H,5-6,8-10,12,14-15H2,1-4H3/b13-7-,18-16-,20-17?,21-11?. The predicted octanol–water partition coefficient (Wildman–Crippen LogP) is 2.62. The molecule has 2 saturated heterocycles. The highest BCUT2D eigenvalue weighted by atomic mass is 15.2. The normalized spacial score (nSPS) is 22.7. The number of nitrogens with zero attached hydrogens (tertiary/aromatic N) is 5. The van der Waals surface area contributed by atoms with Gasteiger partial charge in [0.05, 0.1) is 0 Å². The van der Waals surface area contributed by atoms with Gasteiger partial charge < -0.3 is 14.7 Å². The summed E-state index contributed by atoms with van der Waals surface area (Å²) >= 11 is 0. The fourth-order valence-electron chi connectivity index (χ4n) is 3.69. The Morgan fingerprint density at radius 2 is 1.92 bits per heavy atom. The van der Waals surface area contributed by atoms with Crippen LogP contribution in [0.1, 0.15) is 32.1 Å². The second kappa shape index (κ2) is 9.02. The molecule has 0 aromatic heterocycles. The molecule has 0 radical (unpaired) electrons. The Hall–Kier alpha value is -1.62.